The Hall–Kier alpha value is -1.59. The van der Waals surface area contributed by atoms with E-state index < -0.39 is 6.10 Å². The van der Waals surface area contributed by atoms with E-state index in [0.29, 0.717) is 19.3 Å². The Bertz CT molecular complexity index is 885. The number of carbonyl (C=O) groups excluding carboxylic acids is 3. The summed E-state index contributed by atoms with van der Waals surface area (Å²) in [5.74, 6) is 1.63. The molecule has 6 nitrogen and oxygen atoms in total. The molecule has 0 aromatic rings. The van der Waals surface area contributed by atoms with Gasteiger partial charge in [0.2, 0.25) is 0 Å². The second-order valence-corrected chi connectivity index (χ2v) is 18.6. The quantitative estimate of drug-likeness (QED) is 0.0347. The third kappa shape index (κ3) is 43.8. The Kier molecular flexibility index (Phi) is 41.3. The van der Waals surface area contributed by atoms with Gasteiger partial charge in [-0.05, 0) is 37.0 Å². The van der Waals surface area contributed by atoms with E-state index in [1.807, 2.05) is 0 Å². The first-order chi connectivity index (χ1) is 27.6. The molecule has 0 fully saturated rings. The van der Waals surface area contributed by atoms with E-state index in [0.717, 1.165) is 75.5 Å². The smallest absolute Gasteiger partial charge is 0.306 e. The molecule has 0 bridgehead atoms. The molecule has 0 aliphatic rings. The minimum absolute atomic E-state index is 0.0654. The van der Waals surface area contributed by atoms with Gasteiger partial charge in [-0.15, -0.1) is 0 Å². The maximum absolute atomic E-state index is 12.8. The van der Waals surface area contributed by atoms with Gasteiger partial charge in [0.15, 0.2) is 6.10 Å². The molecule has 2 atom stereocenters. The van der Waals surface area contributed by atoms with Crippen LogP contribution in [0.15, 0.2) is 0 Å². The highest BCUT2D eigenvalue weighted by atomic mass is 16.6. The predicted molar refractivity (Wildman–Crippen MR) is 243 cm³/mol. The van der Waals surface area contributed by atoms with Crippen LogP contribution >= 0.6 is 0 Å². The van der Waals surface area contributed by atoms with E-state index in [1.165, 1.54) is 154 Å². The van der Waals surface area contributed by atoms with Crippen LogP contribution in [0.3, 0.4) is 0 Å². The Morgan fingerprint density at radius 1 is 0.351 bits per heavy atom. The van der Waals surface area contributed by atoms with Crippen molar-refractivity contribution in [3.63, 3.8) is 0 Å². The first-order valence-electron chi connectivity index (χ1n) is 25.1. The van der Waals surface area contributed by atoms with Gasteiger partial charge in [-0.2, -0.15) is 0 Å². The summed E-state index contributed by atoms with van der Waals surface area (Å²) < 4.78 is 16.8. The number of unbranched alkanes of at least 4 members (excludes halogenated alkanes) is 26. The lowest BCUT2D eigenvalue weighted by atomic mass is 9.99. The second-order valence-electron chi connectivity index (χ2n) is 18.6. The molecule has 0 amide bonds. The lowest BCUT2D eigenvalue weighted by Gasteiger charge is -2.18. The second kappa shape index (κ2) is 42.5. The topological polar surface area (TPSA) is 78.9 Å². The highest BCUT2D eigenvalue weighted by molar-refractivity contribution is 5.71. The molecule has 1 unspecified atom stereocenters. The number of carbonyl (C=O) groups is 3. The first-order valence-corrected chi connectivity index (χ1v) is 25.1. The highest BCUT2D eigenvalue weighted by Crippen LogP contribution is 2.18. The van der Waals surface area contributed by atoms with Gasteiger partial charge < -0.3 is 14.2 Å². The Morgan fingerprint density at radius 2 is 0.614 bits per heavy atom. The summed E-state index contributed by atoms with van der Waals surface area (Å²) in [5.41, 5.74) is 0. The van der Waals surface area contributed by atoms with Crippen LogP contribution in [-0.4, -0.2) is 37.2 Å². The molecule has 0 N–H and O–H groups in total. The van der Waals surface area contributed by atoms with E-state index in [-0.39, 0.29) is 31.1 Å². The fourth-order valence-electron chi connectivity index (χ4n) is 7.55. The van der Waals surface area contributed by atoms with Crippen LogP contribution in [0.4, 0.5) is 0 Å². The largest absolute Gasteiger partial charge is 0.462 e. The van der Waals surface area contributed by atoms with Crippen LogP contribution in [0.1, 0.15) is 273 Å². The molecule has 0 rings (SSSR count). The van der Waals surface area contributed by atoms with Crippen molar-refractivity contribution >= 4 is 17.9 Å². The lowest BCUT2D eigenvalue weighted by molar-refractivity contribution is -0.167. The monoisotopic (exact) mass is 807 g/mol. The zero-order chi connectivity index (χ0) is 42.0. The minimum Gasteiger partial charge on any atom is -0.462 e. The molecule has 0 aliphatic carbocycles. The SMILES string of the molecule is CCC(C)CCCCCCCCCCCCC(=O)O[C@@H](COC(=O)CCCCCCCCCCCCCC(C)C)COC(=O)CCCCCCCCCCC(C)C. The molecule has 0 radical (unpaired) electrons. The van der Waals surface area contributed by atoms with Crippen molar-refractivity contribution in [2.45, 2.75) is 279 Å². The molecule has 0 heterocycles. The van der Waals surface area contributed by atoms with E-state index >= 15 is 0 Å². The molecule has 6 heteroatoms. The summed E-state index contributed by atoms with van der Waals surface area (Å²) in [6.45, 7) is 13.7. The predicted octanol–water partition coefficient (Wildman–Crippen LogP) is 16.0. The van der Waals surface area contributed by atoms with Gasteiger partial charge in [0, 0.05) is 19.3 Å². The van der Waals surface area contributed by atoms with Crippen LogP contribution in [0.25, 0.3) is 0 Å². The van der Waals surface area contributed by atoms with Gasteiger partial charge >= 0.3 is 17.9 Å². The van der Waals surface area contributed by atoms with Crippen LogP contribution in [-0.2, 0) is 28.6 Å². The standard InChI is InChI=1S/C51H98O6/c1-7-47(6)39-33-27-21-14-11-12-16-24-30-36-42-51(54)57-48(44-56-50(53)41-35-29-23-18-17-20-26-32-38-46(4)5)43-55-49(52)40-34-28-22-15-10-8-9-13-19-25-31-37-45(2)3/h45-48H,7-44H2,1-6H3/t47?,48-/m0/s1. The van der Waals surface area contributed by atoms with Gasteiger partial charge in [-0.1, -0.05) is 234 Å². The van der Waals surface area contributed by atoms with E-state index in [2.05, 4.69) is 41.5 Å². The van der Waals surface area contributed by atoms with Gasteiger partial charge in [0.05, 0.1) is 0 Å². The number of ether oxygens (including phenoxy) is 3. The molecule has 57 heavy (non-hydrogen) atoms. The van der Waals surface area contributed by atoms with Crippen LogP contribution in [0, 0.1) is 17.8 Å². The third-order valence-corrected chi connectivity index (χ3v) is 11.8. The lowest BCUT2D eigenvalue weighted by Crippen LogP contribution is -2.30. The maximum Gasteiger partial charge on any atom is 0.306 e. The number of esters is 3. The molecular weight excluding hydrogens is 709 g/mol. The zero-order valence-electron chi connectivity index (χ0n) is 39.1. The fourth-order valence-corrected chi connectivity index (χ4v) is 7.55. The Labute approximate surface area is 355 Å². The van der Waals surface area contributed by atoms with Crippen LogP contribution in [0.2, 0.25) is 0 Å². The van der Waals surface area contributed by atoms with E-state index in [9.17, 15) is 14.4 Å². The molecule has 338 valence electrons. The van der Waals surface area contributed by atoms with Gasteiger partial charge in [-0.3, -0.25) is 14.4 Å². The fraction of sp³-hybridized carbons (Fsp3) is 0.941. The third-order valence-electron chi connectivity index (χ3n) is 11.8. The van der Waals surface area contributed by atoms with Crippen molar-refractivity contribution in [2.24, 2.45) is 17.8 Å². The summed E-state index contributed by atoms with van der Waals surface area (Å²) >= 11 is 0. The molecule has 0 spiro atoms. The Balaban J connectivity index is 4.34. The maximum atomic E-state index is 12.8. The van der Waals surface area contributed by atoms with Gasteiger partial charge in [0.1, 0.15) is 13.2 Å². The number of rotatable bonds is 44. The molecule has 0 saturated carbocycles. The highest BCUT2D eigenvalue weighted by Gasteiger charge is 2.19. The molecular formula is C51H98O6. The van der Waals surface area contributed by atoms with Crippen molar-refractivity contribution in [2.75, 3.05) is 13.2 Å². The molecule has 0 saturated heterocycles. The summed E-state index contributed by atoms with van der Waals surface area (Å²) in [6.07, 6.45) is 40.8. The number of hydrogen-bond donors (Lipinski definition) is 0. The van der Waals surface area contributed by atoms with Crippen molar-refractivity contribution in [1.82, 2.24) is 0 Å². The average Bonchev–Trinajstić information content (AvgIpc) is 3.18. The summed E-state index contributed by atoms with van der Waals surface area (Å²) in [5, 5.41) is 0. The molecule has 0 aliphatic heterocycles. The van der Waals surface area contributed by atoms with Crippen molar-refractivity contribution in [3.8, 4) is 0 Å². The summed E-state index contributed by atoms with van der Waals surface area (Å²) in [6, 6.07) is 0. The Morgan fingerprint density at radius 3 is 0.912 bits per heavy atom. The van der Waals surface area contributed by atoms with Crippen LogP contribution in [0.5, 0.6) is 0 Å². The van der Waals surface area contributed by atoms with Gasteiger partial charge in [0.25, 0.3) is 0 Å². The zero-order valence-corrected chi connectivity index (χ0v) is 39.1. The molecule has 0 aromatic carbocycles. The van der Waals surface area contributed by atoms with Crippen LogP contribution < -0.4 is 0 Å². The summed E-state index contributed by atoms with van der Waals surface area (Å²) in [4.78, 5) is 37.9. The average molecular weight is 807 g/mol. The van der Waals surface area contributed by atoms with Crippen molar-refractivity contribution in [3.05, 3.63) is 0 Å². The van der Waals surface area contributed by atoms with Crippen molar-refractivity contribution < 1.29 is 28.6 Å². The minimum atomic E-state index is -0.763. The van der Waals surface area contributed by atoms with E-state index in [4.69, 9.17) is 14.2 Å². The van der Waals surface area contributed by atoms with Crippen molar-refractivity contribution in [1.29, 1.82) is 0 Å². The normalized spacial score (nSPS) is 12.6. The number of hydrogen-bond acceptors (Lipinski definition) is 6. The molecule has 0 aromatic heterocycles. The van der Waals surface area contributed by atoms with Gasteiger partial charge in [-0.25, -0.2) is 0 Å². The summed E-state index contributed by atoms with van der Waals surface area (Å²) in [7, 11) is 0. The van der Waals surface area contributed by atoms with E-state index in [1.54, 1.807) is 0 Å². The first kappa shape index (κ1) is 55.4.